The number of benzene rings is 2. The second-order valence-corrected chi connectivity index (χ2v) is 5.42. The third-order valence-electron chi connectivity index (χ3n) is 3.41. The molecule has 27 heavy (non-hydrogen) atoms. The van der Waals surface area contributed by atoms with Crippen molar-refractivity contribution >= 4 is 23.9 Å². The van der Waals surface area contributed by atoms with Gasteiger partial charge >= 0.3 is 5.97 Å². The molecule has 6 nitrogen and oxygen atoms in total. The van der Waals surface area contributed by atoms with E-state index in [1.165, 1.54) is 30.3 Å². The lowest BCUT2D eigenvalue weighted by Gasteiger charge is -2.11. The zero-order valence-corrected chi connectivity index (χ0v) is 14.7. The SMILES string of the molecule is CCOC(=O)CNC(=O)/C(=C/c1ccc(F)cc1)NC(=O)c1ccccc1. The Balaban J connectivity index is 2.19. The van der Waals surface area contributed by atoms with Crippen molar-refractivity contribution in [1.29, 1.82) is 0 Å². The Morgan fingerprint density at radius 2 is 1.70 bits per heavy atom. The first-order valence-electron chi connectivity index (χ1n) is 8.27. The van der Waals surface area contributed by atoms with Crippen molar-refractivity contribution in [2.24, 2.45) is 0 Å². The Kier molecular flexibility index (Phi) is 7.25. The fraction of sp³-hybridized carbons (Fsp3) is 0.150. The molecular formula is C20H19FN2O4. The van der Waals surface area contributed by atoms with Crippen molar-refractivity contribution in [2.75, 3.05) is 13.2 Å². The molecule has 7 heteroatoms. The van der Waals surface area contributed by atoms with Crippen LogP contribution in [0.5, 0.6) is 0 Å². The zero-order chi connectivity index (χ0) is 19.6. The Labute approximate surface area is 156 Å². The maximum absolute atomic E-state index is 13.1. The van der Waals surface area contributed by atoms with Crippen molar-refractivity contribution < 1.29 is 23.5 Å². The highest BCUT2D eigenvalue weighted by Gasteiger charge is 2.15. The zero-order valence-electron chi connectivity index (χ0n) is 14.7. The number of rotatable bonds is 7. The van der Waals surface area contributed by atoms with Crippen molar-refractivity contribution in [3.8, 4) is 0 Å². The summed E-state index contributed by atoms with van der Waals surface area (Å²) in [5.74, 6) is -2.18. The molecule has 0 aliphatic carbocycles. The summed E-state index contributed by atoms with van der Waals surface area (Å²) in [5, 5.41) is 4.90. The van der Waals surface area contributed by atoms with Crippen molar-refractivity contribution in [2.45, 2.75) is 6.92 Å². The van der Waals surface area contributed by atoms with Crippen LogP contribution >= 0.6 is 0 Å². The van der Waals surface area contributed by atoms with Crippen molar-refractivity contribution in [1.82, 2.24) is 10.6 Å². The van der Waals surface area contributed by atoms with E-state index in [4.69, 9.17) is 4.74 Å². The summed E-state index contributed by atoms with van der Waals surface area (Å²) in [4.78, 5) is 36.2. The second-order valence-electron chi connectivity index (χ2n) is 5.42. The first kappa shape index (κ1) is 19.8. The molecule has 0 saturated heterocycles. The van der Waals surface area contributed by atoms with Gasteiger partial charge in [0.15, 0.2) is 0 Å². The molecule has 0 aromatic heterocycles. The van der Waals surface area contributed by atoms with E-state index in [1.54, 1.807) is 37.3 Å². The van der Waals surface area contributed by atoms with Crippen molar-refractivity contribution in [3.63, 3.8) is 0 Å². The maximum Gasteiger partial charge on any atom is 0.325 e. The average Bonchev–Trinajstić information content (AvgIpc) is 2.68. The summed E-state index contributed by atoms with van der Waals surface area (Å²) in [5.41, 5.74) is 0.784. The van der Waals surface area contributed by atoms with Gasteiger partial charge in [-0.1, -0.05) is 30.3 Å². The van der Waals surface area contributed by atoms with Crippen LogP contribution in [0.25, 0.3) is 6.08 Å². The topological polar surface area (TPSA) is 84.5 Å². The molecule has 0 atom stereocenters. The summed E-state index contributed by atoms with van der Waals surface area (Å²) in [6, 6.07) is 13.7. The Hall–Kier alpha value is -3.48. The number of hydrogen-bond acceptors (Lipinski definition) is 4. The van der Waals surface area contributed by atoms with Crippen LogP contribution in [0.1, 0.15) is 22.8 Å². The van der Waals surface area contributed by atoms with Gasteiger partial charge in [0.2, 0.25) is 0 Å². The van der Waals surface area contributed by atoms with Gasteiger partial charge in [-0.05, 0) is 42.8 Å². The summed E-state index contributed by atoms with van der Waals surface area (Å²) >= 11 is 0. The third kappa shape index (κ3) is 6.39. The van der Waals surface area contributed by atoms with Crippen LogP contribution in [0, 0.1) is 5.82 Å². The van der Waals surface area contributed by atoms with E-state index >= 15 is 0 Å². The summed E-state index contributed by atoms with van der Waals surface area (Å²) in [7, 11) is 0. The van der Waals surface area contributed by atoms with Gasteiger partial charge in [-0.3, -0.25) is 14.4 Å². The van der Waals surface area contributed by atoms with Gasteiger partial charge in [0.25, 0.3) is 11.8 Å². The largest absolute Gasteiger partial charge is 0.465 e. The van der Waals surface area contributed by atoms with Crippen LogP contribution in [0.3, 0.4) is 0 Å². The second kappa shape index (κ2) is 9.86. The monoisotopic (exact) mass is 370 g/mol. The van der Waals surface area contributed by atoms with E-state index in [2.05, 4.69) is 10.6 Å². The lowest BCUT2D eigenvalue weighted by Crippen LogP contribution is -2.37. The average molecular weight is 370 g/mol. The highest BCUT2D eigenvalue weighted by molar-refractivity contribution is 6.05. The highest BCUT2D eigenvalue weighted by atomic mass is 19.1. The first-order chi connectivity index (χ1) is 13.0. The van der Waals surface area contributed by atoms with E-state index in [9.17, 15) is 18.8 Å². The standard InChI is InChI=1S/C20H19FN2O4/c1-2-27-18(24)13-22-20(26)17(12-14-8-10-16(21)11-9-14)23-19(25)15-6-4-3-5-7-15/h3-12H,2,13H2,1H3,(H,22,26)(H,23,25)/b17-12-. The summed E-state index contributed by atoms with van der Waals surface area (Å²) < 4.78 is 17.8. The molecule has 0 saturated carbocycles. The molecule has 2 N–H and O–H groups in total. The number of esters is 1. The molecule has 2 aromatic rings. The van der Waals surface area contributed by atoms with Gasteiger partial charge in [-0.15, -0.1) is 0 Å². The minimum atomic E-state index is -0.670. The van der Waals surface area contributed by atoms with E-state index in [0.29, 0.717) is 11.1 Å². The molecule has 0 heterocycles. The Bertz CT molecular complexity index is 833. The summed E-state index contributed by atoms with van der Waals surface area (Å²) in [6.07, 6.45) is 1.39. The first-order valence-corrected chi connectivity index (χ1v) is 8.27. The Morgan fingerprint density at radius 1 is 1.04 bits per heavy atom. The van der Waals surface area contributed by atoms with Gasteiger partial charge in [0.1, 0.15) is 18.1 Å². The number of halogens is 1. The molecule has 0 spiro atoms. The molecule has 2 amide bonds. The molecule has 0 aliphatic rings. The molecule has 0 aliphatic heterocycles. The minimum Gasteiger partial charge on any atom is -0.465 e. The number of carbonyl (C=O) groups is 3. The Morgan fingerprint density at radius 3 is 2.33 bits per heavy atom. The number of hydrogen-bond donors (Lipinski definition) is 2. The number of nitrogens with one attached hydrogen (secondary N) is 2. The molecular weight excluding hydrogens is 351 g/mol. The van der Waals surface area contributed by atoms with Gasteiger partial charge < -0.3 is 15.4 Å². The smallest absolute Gasteiger partial charge is 0.325 e. The molecule has 140 valence electrons. The van der Waals surface area contributed by atoms with Crippen LogP contribution in [-0.4, -0.2) is 30.9 Å². The van der Waals surface area contributed by atoms with E-state index in [1.807, 2.05) is 0 Å². The quantitative estimate of drug-likeness (QED) is 0.578. The van der Waals surface area contributed by atoms with Crippen LogP contribution in [-0.2, 0) is 14.3 Å². The van der Waals surface area contributed by atoms with Gasteiger partial charge in [-0.2, -0.15) is 0 Å². The van der Waals surface area contributed by atoms with E-state index < -0.39 is 23.6 Å². The number of carbonyl (C=O) groups excluding carboxylic acids is 3. The van der Waals surface area contributed by atoms with Crippen LogP contribution < -0.4 is 10.6 Å². The van der Waals surface area contributed by atoms with Crippen LogP contribution in [0.15, 0.2) is 60.3 Å². The molecule has 0 unspecified atom stereocenters. The molecule has 0 bridgehead atoms. The predicted molar refractivity (Wildman–Crippen MR) is 97.9 cm³/mol. The third-order valence-corrected chi connectivity index (χ3v) is 3.41. The normalized spacial score (nSPS) is 10.8. The molecule has 0 radical (unpaired) electrons. The van der Waals surface area contributed by atoms with Crippen LogP contribution in [0.2, 0.25) is 0 Å². The van der Waals surface area contributed by atoms with E-state index in [0.717, 1.165) is 0 Å². The number of ether oxygens (including phenoxy) is 1. The molecule has 0 fully saturated rings. The maximum atomic E-state index is 13.1. The fourth-order valence-electron chi connectivity index (χ4n) is 2.13. The van der Waals surface area contributed by atoms with Gasteiger partial charge in [-0.25, -0.2) is 4.39 Å². The highest BCUT2D eigenvalue weighted by Crippen LogP contribution is 2.09. The minimum absolute atomic E-state index is 0.0836. The lowest BCUT2D eigenvalue weighted by molar-refractivity contribution is -0.143. The summed E-state index contributed by atoms with van der Waals surface area (Å²) in [6.45, 7) is 1.51. The molecule has 2 rings (SSSR count). The lowest BCUT2D eigenvalue weighted by atomic mass is 10.1. The van der Waals surface area contributed by atoms with Crippen molar-refractivity contribution in [3.05, 3.63) is 77.2 Å². The molecule has 2 aromatic carbocycles. The van der Waals surface area contributed by atoms with Gasteiger partial charge in [0, 0.05) is 5.56 Å². The fourth-order valence-corrected chi connectivity index (χ4v) is 2.13. The van der Waals surface area contributed by atoms with Crippen LogP contribution in [0.4, 0.5) is 4.39 Å². The number of amides is 2. The predicted octanol–water partition coefficient (Wildman–Crippen LogP) is 2.28. The van der Waals surface area contributed by atoms with E-state index in [-0.39, 0.29) is 18.8 Å². The van der Waals surface area contributed by atoms with Gasteiger partial charge in [0.05, 0.1) is 6.61 Å².